The topological polar surface area (TPSA) is 20.3 Å². The van der Waals surface area contributed by atoms with Crippen molar-refractivity contribution in [3.05, 3.63) is 35.6 Å². The van der Waals surface area contributed by atoms with Gasteiger partial charge in [-0.15, -0.1) is 11.8 Å². The van der Waals surface area contributed by atoms with E-state index in [1.165, 1.54) is 12.1 Å². The minimum atomic E-state index is -0.359. The summed E-state index contributed by atoms with van der Waals surface area (Å²) >= 11 is 1.72. The third-order valence-electron chi connectivity index (χ3n) is 2.11. The molecule has 0 saturated carbocycles. The lowest BCUT2D eigenvalue weighted by Crippen LogP contribution is -2.27. The van der Waals surface area contributed by atoms with Gasteiger partial charge in [0, 0.05) is 17.9 Å². The van der Waals surface area contributed by atoms with Crippen LogP contribution < -0.4 is 0 Å². The number of amides is 1. The Morgan fingerprint density at radius 1 is 1.50 bits per heavy atom. The van der Waals surface area contributed by atoms with E-state index in [1.807, 2.05) is 0 Å². The SMILES string of the molecule is O=C(c1cccc(F)c1)N1CCSC1. The molecule has 2 rings (SSSR count). The Labute approximate surface area is 86.1 Å². The number of hydrogen-bond donors (Lipinski definition) is 0. The number of halogens is 1. The normalized spacial score (nSPS) is 15.9. The van der Waals surface area contributed by atoms with Gasteiger partial charge in [-0.1, -0.05) is 6.07 Å². The van der Waals surface area contributed by atoms with Crippen LogP contribution in [0.25, 0.3) is 0 Å². The van der Waals surface area contributed by atoms with Gasteiger partial charge in [0.05, 0.1) is 5.88 Å². The molecule has 1 amide bonds. The number of benzene rings is 1. The fourth-order valence-electron chi connectivity index (χ4n) is 1.38. The van der Waals surface area contributed by atoms with Gasteiger partial charge in [-0.05, 0) is 18.2 Å². The van der Waals surface area contributed by atoms with E-state index in [0.717, 1.165) is 18.2 Å². The summed E-state index contributed by atoms with van der Waals surface area (Å²) in [5.74, 6) is 1.26. The second-order valence-electron chi connectivity index (χ2n) is 3.12. The number of rotatable bonds is 1. The Balaban J connectivity index is 2.17. The van der Waals surface area contributed by atoms with Gasteiger partial charge >= 0.3 is 0 Å². The molecule has 0 atom stereocenters. The van der Waals surface area contributed by atoms with E-state index in [0.29, 0.717) is 5.56 Å². The van der Waals surface area contributed by atoms with Crippen molar-refractivity contribution in [3.63, 3.8) is 0 Å². The predicted octanol–water partition coefficient (Wildman–Crippen LogP) is 1.97. The molecule has 1 heterocycles. The number of carbonyl (C=O) groups excluding carboxylic acids is 1. The summed E-state index contributed by atoms with van der Waals surface area (Å²) in [6.07, 6.45) is 0. The standard InChI is InChI=1S/C10H10FNOS/c11-9-3-1-2-8(6-9)10(13)12-4-5-14-7-12/h1-3,6H,4-5,7H2. The zero-order valence-corrected chi connectivity index (χ0v) is 8.39. The molecular formula is C10H10FNOS. The molecule has 1 aliphatic rings. The maximum Gasteiger partial charge on any atom is 0.254 e. The number of nitrogens with zero attached hydrogens (tertiary/aromatic N) is 1. The molecule has 0 N–H and O–H groups in total. The highest BCUT2D eigenvalue weighted by Gasteiger charge is 2.19. The van der Waals surface area contributed by atoms with E-state index >= 15 is 0 Å². The molecule has 0 aliphatic carbocycles. The summed E-state index contributed by atoms with van der Waals surface area (Å²) in [5, 5.41) is 0. The van der Waals surface area contributed by atoms with Crippen molar-refractivity contribution in [2.75, 3.05) is 18.2 Å². The summed E-state index contributed by atoms with van der Waals surface area (Å²) in [6, 6.07) is 5.83. The lowest BCUT2D eigenvalue weighted by Gasteiger charge is -2.13. The summed E-state index contributed by atoms with van der Waals surface area (Å²) in [4.78, 5) is 13.5. The highest BCUT2D eigenvalue weighted by molar-refractivity contribution is 7.99. The molecular weight excluding hydrogens is 201 g/mol. The summed E-state index contributed by atoms with van der Waals surface area (Å²) < 4.78 is 12.8. The summed E-state index contributed by atoms with van der Waals surface area (Å²) in [7, 11) is 0. The Kier molecular flexibility index (Phi) is 2.72. The molecule has 1 saturated heterocycles. The van der Waals surface area contributed by atoms with Crippen LogP contribution in [0.5, 0.6) is 0 Å². The molecule has 1 aromatic carbocycles. The van der Waals surface area contributed by atoms with Crippen LogP contribution in [-0.4, -0.2) is 29.0 Å². The zero-order chi connectivity index (χ0) is 9.97. The molecule has 74 valence electrons. The number of hydrogen-bond acceptors (Lipinski definition) is 2. The first-order valence-corrected chi connectivity index (χ1v) is 5.55. The third-order valence-corrected chi connectivity index (χ3v) is 3.08. The molecule has 1 aromatic rings. The Morgan fingerprint density at radius 2 is 2.36 bits per heavy atom. The van der Waals surface area contributed by atoms with Crippen molar-refractivity contribution in [2.45, 2.75) is 0 Å². The average Bonchev–Trinajstić information content (AvgIpc) is 2.69. The minimum absolute atomic E-state index is 0.0745. The second kappa shape index (κ2) is 4.00. The predicted molar refractivity (Wildman–Crippen MR) is 54.8 cm³/mol. The lowest BCUT2D eigenvalue weighted by atomic mass is 10.2. The molecule has 0 radical (unpaired) electrons. The fraction of sp³-hybridized carbons (Fsp3) is 0.300. The first-order chi connectivity index (χ1) is 6.77. The van der Waals surface area contributed by atoms with Crippen molar-refractivity contribution in [1.82, 2.24) is 4.90 Å². The van der Waals surface area contributed by atoms with E-state index in [9.17, 15) is 9.18 Å². The zero-order valence-electron chi connectivity index (χ0n) is 7.57. The number of carbonyl (C=O) groups is 1. The average molecular weight is 211 g/mol. The molecule has 0 bridgehead atoms. The molecule has 0 aromatic heterocycles. The van der Waals surface area contributed by atoms with Crippen molar-refractivity contribution < 1.29 is 9.18 Å². The molecule has 0 spiro atoms. The quantitative estimate of drug-likeness (QED) is 0.708. The van der Waals surface area contributed by atoms with E-state index in [1.54, 1.807) is 28.8 Å². The Hall–Kier alpha value is -1.03. The lowest BCUT2D eigenvalue weighted by molar-refractivity contribution is 0.0802. The van der Waals surface area contributed by atoms with E-state index < -0.39 is 0 Å². The summed E-state index contributed by atoms with van der Waals surface area (Å²) in [6.45, 7) is 0.764. The van der Waals surface area contributed by atoms with Gasteiger partial charge in [0.1, 0.15) is 5.82 Å². The van der Waals surface area contributed by atoms with E-state index in [4.69, 9.17) is 0 Å². The monoisotopic (exact) mass is 211 g/mol. The Morgan fingerprint density at radius 3 is 3.00 bits per heavy atom. The van der Waals surface area contributed by atoms with Gasteiger partial charge in [-0.25, -0.2) is 4.39 Å². The first-order valence-electron chi connectivity index (χ1n) is 4.40. The first kappa shape index (κ1) is 9.52. The van der Waals surface area contributed by atoms with E-state index in [-0.39, 0.29) is 11.7 Å². The van der Waals surface area contributed by atoms with Crippen LogP contribution in [0.3, 0.4) is 0 Å². The van der Waals surface area contributed by atoms with E-state index in [2.05, 4.69) is 0 Å². The highest BCUT2D eigenvalue weighted by Crippen LogP contribution is 2.16. The molecule has 0 unspecified atom stereocenters. The van der Waals surface area contributed by atoms with Gasteiger partial charge in [-0.3, -0.25) is 4.79 Å². The van der Waals surface area contributed by atoms with Gasteiger partial charge in [-0.2, -0.15) is 0 Å². The van der Waals surface area contributed by atoms with Crippen LogP contribution >= 0.6 is 11.8 Å². The molecule has 4 heteroatoms. The smallest absolute Gasteiger partial charge is 0.254 e. The van der Waals surface area contributed by atoms with Crippen LogP contribution in [0.4, 0.5) is 4.39 Å². The maximum atomic E-state index is 12.8. The van der Waals surface area contributed by atoms with Crippen LogP contribution in [0.15, 0.2) is 24.3 Å². The van der Waals surface area contributed by atoms with Crippen molar-refractivity contribution in [1.29, 1.82) is 0 Å². The van der Waals surface area contributed by atoms with Gasteiger partial charge in [0.25, 0.3) is 5.91 Å². The van der Waals surface area contributed by atoms with Gasteiger partial charge < -0.3 is 4.90 Å². The fourth-order valence-corrected chi connectivity index (χ4v) is 2.32. The van der Waals surface area contributed by atoms with Crippen LogP contribution in [0.1, 0.15) is 10.4 Å². The number of thioether (sulfide) groups is 1. The molecule has 2 nitrogen and oxygen atoms in total. The second-order valence-corrected chi connectivity index (χ2v) is 4.19. The third kappa shape index (κ3) is 1.90. The van der Waals surface area contributed by atoms with Crippen LogP contribution in [0.2, 0.25) is 0 Å². The molecule has 14 heavy (non-hydrogen) atoms. The summed E-state index contributed by atoms with van der Waals surface area (Å²) in [5.41, 5.74) is 0.438. The van der Waals surface area contributed by atoms with Crippen LogP contribution in [0, 0.1) is 5.82 Å². The van der Waals surface area contributed by atoms with Crippen molar-refractivity contribution in [3.8, 4) is 0 Å². The molecule has 1 aliphatic heterocycles. The van der Waals surface area contributed by atoms with Crippen LogP contribution in [-0.2, 0) is 0 Å². The van der Waals surface area contributed by atoms with Crippen molar-refractivity contribution >= 4 is 17.7 Å². The minimum Gasteiger partial charge on any atom is -0.329 e. The van der Waals surface area contributed by atoms with Crippen molar-refractivity contribution in [2.24, 2.45) is 0 Å². The van der Waals surface area contributed by atoms with Gasteiger partial charge in [0.2, 0.25) is 0 Å². The Bertz CT molecular complexity index is 350. The molecule has 1 fully saturated rings. The van der Waals surface area contributed by atoms with Gasteiger partial charge in [0.15, 0.2) is 0 Å². The maximum absolute atomic E-state index is 12.8. The largest absolute Gasteiger partial charge is 0.329 e. The highest BCUT2D eigenvalue weighted by atomic mass is 32.2.